The van der Waals surface area contributed by atoms with Crippen LogP contribution in [-0.2, 0) is 57.1 Å². The van der Waals surface area contributed by atoms with Gasteiger partial charge in [0.2, 0.25) is 0 Å². The summed E-state index contributed by atoms with van der Waals surface area (Å²) in [5.41, 5.74) is -0.00478. The molecule has 0 amide bonds. The lowest BCUT2D eigenvalue weighted by Gasteiger charge is -2.26. The van der Waals surface area contributed by atoms with E-state index in [1.54, 1.807) is 27.7 Å². The van der Waals surface area contributed by atoms with E-state index < -0.39 is 68.3 Å². The van der Waals surface area contributed by atoms with Gasteiger partial charge in [-0.2, -0.15) is 0 Å². The Morgan fingerprint density at radius 2 is 0.632 bits per heavy atom. The molecule has 0 N–H and O–H groups in total. The van der Waals surface area contributed by atoms with Crippen LogP contribution < -0.4 is 18.9 Å². The maximum atomic E-state index is 11.3. The van der Waals surface area contributed by atoms with Crippen molar-refractivity contribution in [3.05, 3.63) is 138 Å². The number of hydrogen-bond acceptors (Lipinski definition) is 24. The second-order valence-electron chi connectivity index (χ2n) is 16.4. The topological polar surface area (TPSA) is 352 Å². The van der Waals surface area contributed by atoms with Crippen molar-refractivity contribution in [3.63, 3.8) is 0 Å². The van der Waals surface area contributed by atoms with Gasteiger partial charge in [0, 0.05) is 48.5 Å². The molecule has 8 atom stereocenters. The van der Waals surface area contributed by atoms with Gasteiger partial charge in [0.15, 0.2) is 36.6 Å². The molecule has 4 aliphatic rings. The van der Waals surface area contributed by atoms with Gasteiger partial charge in [-0.15, -0.1) is 0 Å². The molecule has 0 spiro atoms. The summed E-state index contributed by atoms with van der Waals surface area (Å²) in [6, 6.07) is 22.8. The summed E-state index contributed by atoms with van der Waals surface area (Å²) in [5.74, 6) is 0.350. The SMILES string of the molecule is C[C@@H]1OC[C@@H](COc2ccc([N+](=O)[O-])cc2)OC1=O.C[C@@H]1OC[C@H](COc2ccc([N+](=O)[O-])cc2)OC1=O.C[C@@H]1O[C@@H](COc2ccc([N+](=O)[O-])cc2)COC1=O.C[C@@H]1O[C@H](COc2ccc([N+](=O)[O-])cc2)COC1=O. The van der Waals surface area contributed by atoms with Gasteiger partial charge in [-0.05, 0) is 76.2 Å². The van der Waals surface area contributed by atoms with Crippen molar-refractivity contribution < 1.29 is 95.7 Å². The van der Waals surface area contributed by atoms with E-state index in [4.69, 9.17) is 56.8 Å². The Hall–Kier alpha value is -8.60. The highest BCUT2D eigenvalue weighted by Crippen LogP contribution is 2.23. The van der Waals surface area contributed by atoms with Crippen molar-refractivity contribution in [1.82, 2.24) is 0 Å². The zero-order valence-electron chi connectivity index (χ0n) is 41.1. The lowest BCUT2D eigenvalue weighted by atomic mass is 10.3. The van der Waals surface area contributed by atoms with Gasteiger partial charge in [-0.25, -0.2) is 19.2 Å². The molecule has 4 fully saturated rings. The molecule has 28 heteroatoms. The van der Waals surface area contributed by atoms with Crippen molar-refractivity contribution in [3.8, 4) is 23.0 Å². The smallest absolute Gasteiger partial charge is 0.335 e. The van der Waals surface area contributed by atoms with E-state index in [0.29, 0.717) is 23.0 Å². The molecule has 0 unspecified atom stereocenters. The number of nitrogens with zero attached hydrogens (tertiary/aromatic N) is 4. The molecular formula is C48H52N4O24. The zero-order valence-corrected chi connectivity index (χ0v) is 41.1. The number of carbonyl (C=O) groups excluding carboxylic acids is 4. The van der Waals surface area contributed by atoms with Gasteiger partial charge in [-0.3, -0.25) is 40.5 Å². The lowest BCUT2D eigenvalue weighted by molar-refractivity contribution is -0.385. The minimum atomic E-state index is -0.598. The van der Waals surface area contributed by atoms with Crippen LogP contribution in [0.2, 0.25) is 0 Å². The molecule has 4 aromatic rings. The summed E-state index contributed by atoms with van der Waals surface area (Å²) in [7, 11) is 0. The molecule has 8 rings (SSSR count). The van der Waals surface area contributed by atoms with E-state index in [1.807, 2.05) is 0 Å². The number of cyclic esters (lactones) is 4. The lowest BCUT2D eigenvalue weighted by Crippen LogP contribution is -2.41. The standard InChI is InChI=1S/4C12H13NO6/c2*1-8-12(14)18-7-11(19-8)6-17-10-4-2-9(3-5-10)13(15)16;2*1-8-12(14)19-11(6-17-8)7-18-10-4-2-9(3-5-10)13(15)16/h4*2-5,8,11H,6-7H2,1H3/t8-,11+;8-,11-;8-,11+;8-,11-/m0000/s1. The van der Waals surface area contributed by atoms with Crippen LogP contribution >= 0.6 is 0 Å². The molecule has 28 nitrogen and oxygen atoms in total. The fraction of sp³-hybridized carbons (Fsp3) is 0.417. The Labute approximate surface area is 431 Å². The van der Waals surface area contributed by atoms with Crippen molar-refractivity contribution in [2.75, 3.05) is 52.9 Å². The normalized spacial score (nSPS) is 22.7. The predicted octanol–water partition coefficient (Wildman–Crippen LogP) is 5.22. The average Bonchev–Trinajstić information content (AvgIpc) is 3.41. The van der Waals surface area contributed by atoms with Gasteiger partial charge < -0.3 is 56.8 Å². The first-order valence-corrected chi connectivity index (χ1v) is 23.0. The number of non-ortho nitro benzene ring substituents is 4. The number of nitro groups is 4. The molecule has 0 radical (unpaired) electrons. The first-order chi connectivity index (χ1) is 36.2. The second-order valence-corrected chi connectivity index (χ2v) is 16.4. The molecule has 0 saturated carbocycles. The second kappa shape index (κ2) is 28.7. The van der Waals surface area contributed by atoms with Crippen LogP contribution in [0.25, 0.3) is 0 Å². The Morgan fingerprint density at radius 3 is 0.855 bits per heavy atom. The van der Waals surface area contributed by atoms with Crippen molar-refractivity contribution in [2.24, 2.45) is 0 Å². The average molecular weight is 1070 g/mol. The molecular weight excluding hydrogens is 1020 g/mol. The number of nitro benzene ring substituents is 4. The van der Waals surface area contributed by atoms with Crippen LogP contribution in [0.4, 0.5) is 22.7 Å². The largest absolute Gasteiger partial charge is 0.491 e. The Bertz CT molecular complexity index is 2420. The quantitative estimate of drug-likeness (QED) is 0.0601. The first kappa shape index (κ1) is 58.3. The van der Waals surface area contributed by atoms with E-state index in [9.17, 15) is 59.6 Å². The highest BCUT2D eigenvalue weighted by molar-refractivity contribution is 5.76. The van der Waals surface area contributed by atoms with Crippen molar-refractivity contribution in [1.29, 1.82) is 0 Å². The van der Waals surface area contributed by atoms with Crippen LogP contribution in [0.5, 0.6) is 23.0 Å². The molecule has 0 bridgehead atoms. The number of carbonyl (C=O) groups is 4. The molecule has 4 aromatic carbocycles. The minimum absolute atomic E-state index is 0.00354. The van der Waals surface area contributed by atoms with Gasteiger partial charge in [0.25, 0.3) is 22.7 Å². The summed E-state index contributed by atoms with van der Waals surface area (Å²) in [6.45, 7) is 8.05. The monoisotopic (exact) mass is 1070 g/mol. The third kappa shape index (κ3) is 19.0. The zero-order chi connectivity index (χ0) is 55.3. The Kier molecular flexibility index (Phi) is 22.0. The third-order valence-electron chi connectivity index (χ3n) is 10.5. The fourth-order valence-corrected chi connectivity index (χ4v) is 6.33. The summed E-state index contributed by atoms with van der Waals surface area (Å²) < 4.78 is 62.7. The maximum Gasteiger partial charge on any atom is 0.335 e. The third-order valence-corrected chi connectivity index (χ3v) is 10.5. The van der Waals surface area contributed by atoms with Crippen molar-refractivity contribution >= 4 is 46.6 Å². The molecule has 408 valence electrons. The molecule has 0 aliphatic carbocycles. The molecule has 4 heterocycles. The summed E-state index contributed by atoms with van der Waals surface area (Å²) in [5, 5.41) is 41.9. The van der Waals surface area contributed by atoms with Crippen LogP contribution in [0.15, 0.2) is 97.1 Å². The van der Waals surface area contributed by atoms with Crippen molar-refractivity contribution in [2.45, 2.75) is 76.5 Å². The van der Waals surface area contributed by atoms with Gasteiger partial charge in [0.1, 0.15) is 74.8 Å². The maximum absolute atomic E-state index is 11.3. The molecule has 4 aliphatic heterocycles. The highest BCUT2D eigenvalue weighted by Gasteiger charge is 2.31. The van der Waals surface area contributed by atoms with E-state index >= 15 is 0 Å². The predicted molar refractivity (Wildman–Crippen MR) is 256 cm³/mol. The number of rotatable bonds is 16. The van der Waals surface area contributed by atoms with Gasteiger partial charge in [-0.1, -0.05) is 0 Å². The summed E-state index contributed by atoms with van der Waals surface area (Å²) in [6.07, 6.45) is -3.87. The number of ether oxygens (including phenoxy) is 12. The minimum Gasteiger partial charge on any atom is -0.491 e. The fourth-order valence-electron chi connectivity index (χ4n) is 6.33. The number of hydrogen-bond donors (Lipinski definition) is 0. The molecule has 4 saturated heterocycles. The van der Waals surface area contributed by atoms with E-state index in [0.717, 1.165) is 0 Å². The molecule has 76 heavy (non-hydrogen) atoms. The Balaban J connectivity index is 0.000000187. The van der Waals surface area contributed by atoms with Crippen LogP contribution in [0, 0.1) is 40.5 Å². The number of benzene rings is 4. The van der Waals surface area contributed by atoms with Crippen LogP contribution in [0.1, 0.15) is 27.7 Å². The number of esters is 4. The van der Waals surface area contributed by atoms with E-state index in [2.05, 4.69) is 0 Å². The first-order valence-electron chi connectivity index (χ1n) is 23.0. The highest BCUT2D eigenvalue weighted by atomic mass is 16.7. The van der Waals surface area contributed by atoms with Gasteiger partial charge in [0.05, 0.1) is 32.9 Å². The van der Waals surface area contributed by atoms with Crippen LogP contribution in [-0.4, -0.2) is 145 Å². The Morgan fingerprint density at radius 1 is 0.382 bits per heavy atom. The molecule has 0 aromatic heterocycles. The van der Waals surface area contributed by atoms with Crippen LogP contribution in [0.3, 0.4) is 0 Å². The summed E-state index contributed by atoms with van der Waals surface area (Å²) >= 11 is 0. The van der Waals surface area contributed by atoms with E-state index in [1.165, 1.54) is 97.1 Å². The van der Waals surface area contributed by atoms with E-state index in [-0.39, 0.29) is 99.8 Å². The van der Waals surface area contributed by atoms with Gasteiger partial charge >= 0.3 is 23.9 Å². The summed E-state index contributed by atoms with van der Waals surface area (Å²) in [4.78, 5) is 84.6.